The summed E-state index contributed by atoms with van der Waals surface area (Å²) in [6, 6.07) is 16.7. The van der Waals surface area contributed by atoms with Crippen LogP contribution in [0.25, 0.3) is 5.65 Å². The first kappa shape index (κ1) is 23.1. The van der Waals surface area contributed by atoms with Crippen LogP contribution in [-0.2, 0) is 6.54 Å². The van der Waals surface area contributed by atoms with Gasteiger partial charge in [0.2, 0.25) is 0 Å². The van der Waals surface area contributed by atoms with Crippen molar-refractivity contribution in [3.05, 3.63) is 71.7 Å². The molecule has 2 atom stereocenters. The van der Waals surface area contributed by atoms with Crippen molar-refractivity contribution in [2.45, 2.75) is 63.5 Å². The quantitative estimate of drug-likeness (QED) is 0.525. The molecule has 3 aromatic rings. The molecule has 5 rings (SSSR count). The maximum absolute atomic E-state index is 13.3. The number of benzene rings is 1. The maximum Gasteiger partial charge on any atom is 0.268 e. The number of carbonyl (C=O) groups excluding carboxylic acids is 1. The summed E-state index contributed by atoms with van der Waals surface area (Å²) >= 11 is 0. The molecule has 1 saturated heterocycles. The molecule has 3 N–H and O–H groups in total. The van der Waals surface area contributed by atoms with Crippen LogP contribution in [0.5, 0.6) is 0 Å². The van der Waals surface area contributed by atoms with E-state index in [1.54, 1.807) is 0 Å². The number of likely N-dealkylation sites (tertiary alicyclic amines) is 1. The minimum Gasteiger partial charge on any atom is -0.350 e. The number of hydrogen-bond donors (Lipinski definition) is 2. The minimum absolute atomic E-state index is 0.0395. The highest BCUT2D eigenvalue weighted by Gasteiger charge is 2.23. The Morgan fingerprint density at radius 1 is 1.06 bits per heavy atom. The standard InChI is InChI=1S/C28H37N5O/c29-24-14-15-32(18-24)19-25-20-33-26(12-7-13-27(33)31-25)28(34)30-17-23(22-10-5-2-6-11-22)16-21-8-3-1-4-9-21/h2,5-7,10-13,20-21,23-24H,1,3-4,8-9,14-19,29H2,(H,30,34). The van der Waals surface area contributed by atoms with E-state index in [-0.39, 0.29) is 11.9 Å². The largest absolute Gasteiger partial charge is 0.350 e. The van der Waals surface area contributed by atoms with Gasteiger partial charge in [-0.1, -0.05) is 68.5 Å². The van der Waals surface area contributed by atoms with Gasteiger partial charge < -0.3 is 11.1 Å². The van der Waals surface area contributed by atoms with Gasteiger partial charge in [0, 0.05) is 44.3 Å². The normalized spacial score (nSPS) is 20.6. The lowest BCUT2D eigenvalue weighted by Gasteiger charge is -2.27. The number of amides is 1. The van der Waals surface area contributed by atoms with E-state index in [4.69, 9.17) is 10.7 Å². The first-order valence-electron chi connectivity index (χ1n) is 12.9. The van der Waals surface area contributed by atoms with E-state index in [2.05, 4.69) is 40.5 Å². The predicted molar refractivity (Wildman–Crippen MR) is 136 cm³/mol. The van der Waals surface area contributed by atoms with Crippen molar-refractivity contribution in [2.24, 2.45) is 11.7 Å². The number of aromatic nitrogens is 2. The van der Waals surface area contributed by atoms with Gasteiger partial charge in [-0.2, -0.15) is 0 Å². The molecule has 1 aliphatic carbocycles. The maximum atomic E-state index is 13.3. The third-order valence-corrected chi connectivity index (χ3v) is 7.59. The van der Waals surface area contributed by atoms with Crippen molar-refractivity contribution in [1.29, 1.82) is 0 Å². The van der Waals surface area contributed by atoms with Crippen LogP contribution < -0.4 is 11.1 Å². The molecule has 2 unspecified atom stereocenters. The van der Waals surface area contributed by atoms with E-state index in [0.717, 1.165) is 49.7 Å². The van der Waals surface area contributed by atoms with E-state index in [9.17, 15) is 4.79 Å². The van der Waals surface area contributed by atoms with Crippen molar-refractivity contribution in [2.75, 3.05) is 19.6 Å². The van der Waals surface area contributed by atoms with E-state index < -0.39 is 0 Å². The van der Waals surface area contributed by atoms with Gasteiger partial charge >= 0.3 is 0 Å². The third-order valence-electron chi connectivity index (χ3n) is 7.59. The summed E-state index contributed by atoms with van der Waals surface area (Å²) in [7, 11) is 0. The highest BCUT2D eigenvalue weighted by atomic mass is 16.1. The lowest BCUT2D eigenvalue weighted by molar-refractivity contribution is 0.0943. The number of nitrogens with two attached hydrogens (primary N) is 1. The van der Waals surface area contributed by atoms with Crippen LogP contribution in [0, 0.1) is 5.92 Å². The monoisotopic (exact) mass is 459 g/mol. The fourth-order valence-corrected chi connectivity index (χ4v) is 5.75. The molecule has 0 radical (unpaired) electrons. The summed E-state index contributed by atoms with van der Waals surface area (Å²) < 4.78 is 1.93. The second-order valence-corrected chi connectivity index (χ2v) is 10.2. The van der Waals surface area contributed by atoms with Crippen molar-refractivity contribution < 1.29 is 4.79 Å². The molecule has 0 spiro atoms. The van der Waals surface area contributed by atoms with Gasteiger partial charge in [-0.15, -0.1) is 0 Å². The lowest BCUT2D eigenvalue weighted by Crippen LogP contribution is -2.30. The van der Waals surface area contributed by atoms with Crippen LogP contribution >= 0.6 is 0 Å². The lowest BCUT2D eigenvalue weighted by atomic mass is 9.80. The van der Waals surface area contributed by atoms with E-state index in [1.807, 2.05) is 28.8 Å². The number of pyridine rings is 1. The summed E-state index contributed by atoms with van der Waals surface area (Å²) in [6.07, 6.45) is 10.9. The van der Waals surface area contributed by atoms with E-state index in [1.165, 1.54) is 37.7 Å². The van der Waals surface area contributed by atoms with Crippen molar-refractivity contribution in [3.63, 3.8) is 0 Å². The molecule has 2 aliphatic rings. The van der Waals surface area contributed by atoms with Gasteiger partial charge in [0.15, 0.2) is 0 Å². The van der Waals surface area contributed by atoms with Gasteiger partial charge in [0.1, 0.15) is 11.3 Å². The number of imidazole rings is 1. The topological polar surface area (TPSA) is 75.7 Å². The summed E-state index contributed by atoms with van der Waals surface area (Å²) in [4.78, 5) is 20.4. The smallest absolute Gasteiger partial charge is 0.268 e. The SMILES string of the molecule is NC1CCN(Cc2cn3c(C(=O)NCC(CC4CCCCC4)c4ccccc4)cccc3n2)C1. The Bertz CT molecular complexity index is 1090. The Kier molecular flexibility index (Phi) is 7.26. The Labute approximate surface area is 202 Å². The Morgan fingerprint density at radius 2 is 1.88 bits per heavy atom. The van der Waals surface area contributed by atoms with Gasteiger partial charge in [0.25, 0.3) is 5.91 Å². The molecule has 3 heterocycles. The number of hydrogen-bond acceptors (Lipinski definition) is 4. The second-order valence-electron chi connectivity index (χ2n) is 10.2. The first-order chi connectivity index (χ1) is 16.7. The van der Waals surface area contributed by atoms with E-state index >= 15 is 0 Å². The Hall–Kier alpha value is -2.70. The van der Waals surface area contributed by atoms with Crippen molar-refractivity contribution in [1.82, 2.24) is 19.6 Å². The fraction of sp³-hybridized carbons (Fsp3) is 0.500. The summed E-state index contributed by atoms with van der Waals surface area (Å²) in [6.45, 7) is 3.34. The molecular weight excluding hydrogens is 422 g/mol. The molecule has 1 aliphatic heterocycles. The first-order valence-corrected chi connectivity index (χ1v) is 12.9. The Balaban J connectivity index is 1.28. The molecule has 1 saturated carbocycles. The van der Waals surface area contributed by atoms with Crippen LogP contribution in [0.4, 0.5) is 0 Å². The number of nitrogens with one attached hydrogen (secondary N) is 1. The number of rotatable bonds is 8. The summed E-state index contributed by atoms with van der Waals surface area (Å²) in [5.41, 5.74) is 9.81. The Morgan fingerprint density at radius 3 is 2.65 bits per heavy atom. The molecule has 1 amide bonds. The van der Waals surface area contributed by atoms with Crippen LogP contribution in [0.2, 0.25) is 0 Å². The number of nitrogens with zero attached hydrogens (tertiary/aromatic N) is 3. The molecule has 180 valence electrons. The van der Waals surface area contributed by atoms with Crippen LogP contribution in [0.3, 0.4) is 0 Å². The third kappa shape index (κ3) is 5.50. The van der Waals surface area contributed by atoms with Crippen molar-refractivity contribution >= 4 is 11.6 Å². The number of carbonyl (C=O) groups is 1. The van der Waals surface area contributed by atoms with Crippen molar-refractivity contribution in [3.8, 4) is 0 Å². The molecular formula is C28H37N5O. The highest BCUT2D eigenvalue weighted by Crippen LogP contribution is 2.33. The molecule has 34 heavy (non-hydrogen) atoms. The molecule has 6 nitrogen and oxygen atoms in total. The summed E-state index contributed by atoms with van der Waals surface area (Å²) in [5, 5.41) is 3.25. The van der Waals surface area contributed by atoms with Crippen LogP contribution in [-0.4, -0.2) is 45.9 Å². The van der Waals surface area contributed by atoms with Gasteiger partial charge in [0.05, 0.1) is 5.69 Å². The molecule has 6 heteroatoms. The van der Waals surface area contributed by atoms with Gasteiger partial charge in [-0.05, 0) is 36.5 Å². The summed E-state index contributed by atoms with van der Waals surface area (Å²) in [5.74, 6) is 1.06. The predicted octanol–water partition coefficient (Wildman–Crippen LogP) is 4.35. The fourth-order valence-electron chi connectivity index (χ4n) is 5.75. The second kappa shape index (κ2) is 10.7. The zero-order chi connectivity index (χ0) is 23.3. The molecule has 2 aromatic heterocycles. The van der Waals surface area contributed by atoms with Crippen LogP contribution in [0.1, 0.15) is 72.6 Å². The average molecular weight is 460 g/mol. The number of fused-ring (bicyclic) bond motifs is 1. The van der Waals surface area contributed by atoms with Gasteiger partial charge in [-0.25, -0.2) is 4.98 Å². The average Bonchev–Trinajstić information content (AvgIpc) is 3.47. The van der Waals surface area contributed by atoms with Gasteiger partial charge in [-0.3, -0.25) is 14.1 Å². The minimum atomic E-state index is -0.0395. The highest BCUT2D eigenvalue weighted by molar-refractivity contribution is 5.93. The molecule has 2 fully saturated rings. The zero-order valence-corrected chi connectivity index (χ0v) is 20.0. The molecule has 1 aromatic carbocycles. The van der Waals surface area contributed by atoms with E-state index in [0.29, 0.717) is 18.2 Å². The zero-order valence-electron chi connectivity index (χ0n) is 20.0. The van der Waals surface area contributed by atoms with Crippen LogP contribution in [0.15, 0.2) is 54.7 Å². The molecule has 0 bridgehead atoms.